The van der Waals surface area contributed by atoms with Crippen LogP contribution in [0.2, 0.25) is 0 Å². The number of allylic oxidation sites excluding steroid dienone is 2. The number of nitrogens with zero attached hydrogens (tertiary/aromatic N) is 2. The van der Waals surface area contributed by atoms with Crippen LogP contribution in [-0.2, 0) is 18.8 Å². The molecule has 2 aliphatic rings. The normalized spacial score (nSPS) is 21.1. The van der Waals surface area contributed by atoms with E-state index in [9.17, 15) is 23.2 Å². The third kappa shape index (κ3) is 6.90. The van der Waals surface area contributed by atoms with Gasteiger partial charge in [-0.15, -0.1) is 0 Å². The fraction of sp³-hybridized carbons (Fsp3) is 0.448. The van der Waals surface area contributed by atoms with E-state index in [1.165, 1.54) is 0 Å². The molecule has 228 valence electrons. The number of ether oxygens (including phenoxy) is 2. The molecule has 1 aromatic carbocycles. The molecule has 0 spiro atoms. The zero-order valence-corrected chi connectivity index (χ0v) is 24.3. The number of pyridine rings is 1. The monoisotopic (exact) mass is 607 g/mol. The molecule has 2 aromatic rings. The second-order valence-corrected chi connectivity index (χ2v) is 12.4. The summed E-state index contributed by atoms with van der Waals surface area (Å²) >= 11 is 0. The third-order valence-corrected chi connectivity index (χ3v) is 8.87. The van der Waals surface area contributed by atoms with Crippen molar-refractivity contribution in [3.63, 3.8) is 0 Å². The first-order valence-electron chi connectivity index (χ1n) is 13.6. The molecule has 5 N–H and O–H groups in total. The van der Waals surface area contributed by atoms with Gasteiger partial charge in [0.2, 0.25) is 0 Å². The maximum Gasteiger partial charge on any atom is 0.394 e. The summed E-state index contributed by atoms with van der Waals surface area (Å²) in [7, 11) is -5.53. The largest absolute Gasteiger partial charge is 0.481 e. The van der Waals surface area contributed by atoms with Gasteiger partial charge in [0.1, 0.15) is 5.82 Å². The van der Waals surface area contributed by atoms with Gasteiger partial charge in [0, 0.05) is 36.4 Å². The number of alkyl halides is 2. The Morgan fingerprint density at radius 2 is 2.05 bits per heavy atom. The molecule has 42 heavy (non-hydrogen) atoms. The maximum atomic E-state index is 13.4. The van der Waals surface area contributed by atoms with Crippen LogP contribution in [0.5, 0.6) is 0 Å². The number of aliphatic carboxylic acids is 1. The summed E-state index contributed by atoms with van der Waals surface area (Å²) in [5, 5.41) is 10.3. The summed E-state index contributed by atoms with van der Waals surface area (Å²) in [5.74, 6) is -1.24. The predicted molar refractivity (Wildman–Crippen MR) is 157 cm³/mol. The number of hydrogen-bond donors (Lipinski definition) is 4. The zero-order chi connectivity index (χ0) is 30.7. The van der Waals surface area contributed by atoms with Crippen molar-refractivity contribution in [2.75, 3.05) is 43.5 Å². The first-order chi connectivity index (χ1) is 19.7. The minimum atomic E-state index is -5.53. The van der Waals surface area contributed by atoms with Crippen molar-refractivity contribution in [1.29, 1.82) is 0 Å². The number of benzene rings is 1. The minimum absolute atomic E-state index is 0.0103. The Bertz CT molecular complexity index is 1460. The number of nitrogens with two attached hydrogens (primary N) is 1. The molecule has 13 heteroatoms. The molecular formula is C29H36F2N3O7P. The van der Waals surface area contributed by atoms with Crippen molar-refractivity contribution in [3.8, 4) is 0 Å². The number of anilines is 2. The van der Waals surface area contributed by atoms with Gasteiger partial charge in [-0.25, -0.2) is 4.98 Å². The average Bonchev–Trinajstić information content (AvgIpc) is 2.93. The standard InChI is InChI=1S/C29H36F2N3O7P/c1-19(27(35)36)20-8-9-22-23-7-5-13-34(25(23)26(32)33-24(22)18-20)14-10-21-6-3-4-11-28(21,2)41-17-16-40-15-12-29(30,31)42(37,38)39/h3-9,11,18-19,21H,10,12-17H2,1-2H3,(H2,32,33)(H,35,36)(H2,37,38,39). The summed E-state index contributed by atoms with van der Waals surface area (Å²) in [6, 6.07) is 5.46. The molecule has 3 atom stereocenters. The van der Waals surface area contributed by atoms with Crippen molar-refractivity contribution in [1.82, 2.24) is 4.98 Å². The quantitative estimate of drug-likeness (QED) is 0.182. The third-order valence-electron chi connectivity index (χ3n) is 7.79. The van der Waals surface area contributed by atoms with E-state index in [4.69, 9.17) is 25.0 Å². The van der Waals surface area contributed by atoms with Gasteiger partial charge < -0.3 is 35.0 Å². The zero-order valence-electron chi connectivity index (χ0n) is 23.5. The molecular weight excluding hydrogens is 571 g/mol. The number of halogens is 2. The number of carboxylic acids is 1. The van der Waals surface area contributed by atoms with Crippen LogP contribution in [0, 0.1) is 5.92 Å². The summed E-state index contributed by atoms with van der Waals surface area (Å²) < 4.78 is 48.9. The van der Waals surface area contributed by atoms with E-state index in [-0.39, 0.29) is 19.1 Å². The maximum absolute atomic E-state index is 13.4. The van der Waals surface area contributed by atoms with Crippen molar-refractivity contribution in [2.45, 2.75) is 43.9 Å². The number of aromatic nitrogens is 1. The van der Waals surface area contributed by atoms with Crippen molar-refractivity contribution < 1.29 is 42.5 Å². The highest BCUT2D eigenvalue weighted by atomic mass is 31.2. The van der Waals surface area contributed by atoms with Crippen LogP contribution >= 0.6 is 7.60 Å². The van der Waals surface area contributed by atoms with Crippen molar-refractivity contribution >= 4 is 42.0 Å². The summed E-state index contributed by atoms with van der Waals surface area (Å²) in [6.07, 6.45) is 11.5. The fourth-order valence-corrected chi connectivity index (χ4v) is 5.56. The average molecular weight is 608 g/mol. The molecule has 0 saturated carbocycles. The number of carbonyl (C=O) groups is 1. The second-order valence-electron chi connectivity index (χ2n) is 10.7. The van der Waals surface area contributed by atoms with Gasteiger partial charge in [-0.1, -0.05) is 48.6 Å². The van der Waals surface area contributed by atoms with E-state index in [1.807, 2.05) is 37.3 Å². The molecule has 3 unspecified atom stereocenters. The molecule has 1 aliphatic carbocycles. The molecule has 0 fully saturated rings. The molecule has 0 saturated heterocycles. The molecule has 1 aromatic heterocycles. The minimum Gasteiger partial charge on any atom is -0.481 e. The molecule has 0 radical (unpaired) electrons. The van der Waals surface area contributed by atoms with Crippen LogP contribution in [0.4, 0.5) is 20.3 Å². The molecule has 2 heterocycles. The lowest BCUT2D eigenvalue weighted by Crippen LogP contribution is -2.40. The van der Waals surface area contributed by atoms with Crippen LogP contribution in [0.3, 0.4) is 0 Å². The number of fused-ring (bicyclic) bond motifs is 3. The van der Waals surface area contributed by atoms with E-state index in [1.54, 1.807) is 19.1 Å². The Kier molecular flexibility index (Phi) is 9.54. The van der Waals surface area contributed by atoms with Gasteiger partial charge in [0.15, 0.2) is 0 Å². The Morgan fingerprint density at radius 1 is 1.29 bits per heavy atom. The smallest absolute Gasteiger partial charge is 0.394 e. The summed E-state index contributed by atoms with van der Waals surface area (Å²) in [4.78, 5) is 35.7. The molecule has 10 nitrogen and oxygen atoms in total. The molecule has 1 aliphatic heterocycles. The first-order valence-corrected chi connectivity index (χ1v) is 15.2. The van der Waals surface area contributed by atoms with Crippen LogP contribution in [0.15, 0.2) is 48.6 Å². The van der Waals surface area contributed by atoms with Gasteiger partial charge in [0.25, 0.3) is 0 Å². The summed E-state index contributed by atoms with van der Waals surface area (Å²) in [6.45, 7) is 4.42. The summed E-state index contributed by atoms with van der Waals surface area (Å²) in [5.41, 5.74) is 4.67. The highest BCUT2D eigenvalue weighted by Crippen LogP contribution is 2.54. The van der Waals surface area contributed by atoms with Gasteiger partial charge in [0.05, 0.1) is 42.5 Å². The molecule has 0 amide bonds. The van der Waals surface area contributed by atoms with Gasteiger partial charge in [-0.2, -0.15) is 8.78 Å². The van der Waals surface area contributed by atoms with E-state index < -0.39 is 43.8 Å². The Morgan fingerprint density at radius 3 is 2.76 bits per heavy atom. The number of nitrogen functional groups attached to an aromatic ring is 1. The highest BCUT2D eigenvalue weighted by molar-refractivity contribution is 7.53. The Hall–Kier alpha value is -3.15. The SMILES string of the molecule is CC(C(=O)O)c1ccc2c3c(c(N)nc2c1)N(CCC1C=CC=CC1(C)OCCOCCC(F)(F)P(=O)(O)O)CC=C3. The van der Waals surface area contributed by atoms with E-state index in [0.717, 1.165) is 16.6 Å². The van der Waals surface area contributed by atoms with Gasteiger partial charge >= 0.3 is 19.2 Å². The number of rotatable bonds is 13. The number of hydrogen-bond acceptors (Lipinski definition) is 7. The Balaban J connectivity index is 1.39. The van der Waals surface area contributed by atoms with Crippen molar-refractivity contribution in [2.24, 2.45) is 5.92 Å². The second kappa shape index (κ2) is 12.6. The van der Waals surface area contributed by atoms with E-state index >= 15 is 0 Å². The highest BCUT2D eigenvalue weighted by Gasteiger charge is 2.48. The van der Waals surface area contributed by atoms with Gasteiger partial charge in [-0.3, -0.25) is 9.36 Å². The van der Waals surface area contributed by atoms with Crippen molar-refractivity contribution in [3.05, 3.63) is 59.7 Å². The van der Waals surface area contributed by atoms with Crippen LogP contribution < -0.4 is 10.6 Å². The van der Waals surface area contributed by atoms with Gasteiger partial charge in [-0.05, 0) is 31.9 Å². The fourth-order valence-electron chi connectivity index (χ4n) is 5.18. The number of carboxylic acid groups (broad SMARTS) is 1. The lowest BCUT2D eigenvalue weighted by molar-refractivity contribution is -0.138. The molecule has 0 bridgehead atoms. The Labute approximate surface area is 242 Å². The van der Waals surface area contributed by atoms with Crippen LogP contribution in [0.1, 0.15) is 43.7 Å². The first kappa shape index (κ1) is 31.8. The van der Waals surface area contributed by atoms with Crippen LogP contribution in [0.25, 0.3) is 17.0 Å². The predicted octanol–water partition coefficient (Wildman–Crippen LogP) is 4.92. The topological polar surface area (TPSA) is 155 Å². The molecule has 4 rings (SSSR count). The lowest BCUT2D eigenvalue weighted by atomic mass is 9.82. The van der Waals surface area contributed by atoms with E-state index in [0.29, 0.717) is 36.4 Å². The lowest BCUT2D eigenvalue weighted by Gasteiger charge is -2.37. The van der Waals surface area contributed by atoms with Crippen LogP contribution in [-0.4, -0.2) is 70.0 Å². The van der Waals surface area contributed by atoms with E-state index in [2.05, 4.69) is 22.0 Å².